The number of benzene rings is 9. The highest BCUT2D eigenvalue weighted by Crippen LogP contribution is 2.55. The van der Waals surface area contributed by atoms with E-state index in [0.717, 1.165) is 99.4 Å². The predicted octanol–water partition coefficient (Wildman–Crippen LogP) is 13.9. The van der Waals surface area contributed by atoms with Gasteiger partial charge in [0.1, 0.15) is 11.2 Å². The van der Waals surface area contributed by atoms with Crippen LogP contribution in [0.1, 0.15) is 108 Å². The zero-order valence-corrected chi connectivity index (χ0v) is 38.2. The fourth-order valence-electron chi connectivity index (χ4n) is 10.4. The van der Waals surface area contributed by atoms with Gasteiger partial charge in [-0.25, -0.2) is 0 Å². The lowest BCUT2D eigenvalue weighted by Gasteiger charge is -2.28. The summed E-state index contributed by atoms with van der Waals surface area (Å²) in [6.45, 7) is 13.4. The third-order valence-electron chi connectivity index (χ3n) is 13.9. The summed E-state index contributed by atoms with van der Waals surface area (Å²) in [6.07, 6.45) is 0. The van der Waals surface area contributed by atoms with E-state index >= 15 is 0 Å². The van der Waals surface area contributed by atoms with Crippen molar-refractivity contribution < 1.29 is 10.2 Å². The van der Waals surface area contributed by atoms with Gasteiger partial charge in [0.15, 0.2) is 0 Å². The molecule has 11 rings (SSSR count). The first kappa shape index (κ1) is 41.3. The van der Waals surface area contributed by atoms with E-state index in [2.05, 4.69) is 126 Å². The van der Waals surface area contributed by atoms with Gasteiger partial charge in [-0.2, -0.15) is 0 Å². The highest BCUT2D eigenvalue weighted by molar-refractivity contribution is 6.01. The summed E-state index contributed by atoms with van der Waals surface area (Å²) in [6, 6.07) is 62.2. The van der Waals surface area contributed by atoms with Crippen molar-refractivity contribution in [1.82, 2.24) is 0 Å². The molecule has 0 saturated heterocycles. The van der Waals surface area contributed by atoms with Gasteiger partial charge in [0.05, 0.1) is 0 Å². The van der Waals surface area contributed by atoms with Crippen molar-refractivity contribution >= 4 is 21.5 Å². The highest BCUT2D eigenvalue weighted by Gasteiger charge is 2.46. The molecule has 0 aliphatic heterocycles. The van der Waals surface area contributed by atoms with Gasteiger partial charge in [-0.05, 0) is 113 Å². The molecule has 0 bridgehead atoms. The van der Waals surface area contributed by atoms with Crippen molar-refractivity contribution in [3.8, 4) is 45.9 Å². The molecular formula is C64H50O2. The average Bonchev–Trinajstić information content (AvgIpc) is 3.74. The van der Waals surface area contributed by atoms with Crippen molar-refractivity contribution in [3.05, 3.63) is 249 Å². The molecule has 2 aliphatic carbocycles. The Morgan fingerprint density at radius 2 is 0.727 bits per heavy atom. The predicted molar refractivity (Wildman–Crippen MR) is 272 cm³/mol. The molecule has 0 spiro atoms. The lowest BCUT2D eigenvalue weighted by Crippen LogP contribution is -2.27. The van der Waals surface area contributed by atoms with Gasteiger partial charge in [-0.3, -0.25) is 0 Å². The zero-order chi connectivity index (χ0) is 45.6. The SMILES string of the molecule is CC(C)(C)c1ccc2cc3c(c(C#Cc4ccccc4C#Cc4c5c(cc6ccc(C(C)(C)C)cc46)-c4ccccc4C5(O)c4ccccc4)c2c1)C(O)(c1ccccc1)c1ccccc1-3. The number of aliphatic hydroxyl groups is 2. The molecule has 2 heteroatoms. The quantitative estimate of drug-likeness (QED) is 0.170. The van der Waals surface area contributed by atoms with E-state index in [1.165, 1.54) is 11.1 Å². The van der Waals surface area contributed by atoms with Crippen LogP contribution >= 0.6 is 0 Å². The lowest BCUT2D eigenvalue weighted by atomic mass is 9.79. The van der Waals surface area contributed by atoms with Crippen LogP contribution in [0.3, 0.4) is 0 Å². The molecule has 2 N–H and O–H groups in total. The van der Waals surface area contributed by atoms with E-state index in [0.29, 0.717) is 0 Å². The summed E-state index contributed by atoms with van der Waals surface area (Å²) in [5.41, 5.74) is 11.3. The Morgan fingerprint density at radius 1 is 0.364 bits per heavy atom. The first-order valence-electron chi connectivity index (χ1n) is 22.9. The smallest absolute Gasteiger partial charge is 0.142 e. The number of fused-ring (bicyclic) bond motifs is 8. The van der Waals surface area contributed by atoms with Crippen LogP contribution in [-0.4, -0.2) is 10.2 Å². The fourth-order valence-corrected chi connectivity index (χ4v) is 10.4. The van der Waals surface area contributed by atoms with E-state index in [-0.39, 0.29) is 10.8 Å². The topological polar surface area (TPSA) is 40.5 Å². The summed E-state index contributed by atoms with van der Waals surface area (Å²) in [7, 11) is 0. The van der Waals surface area contributed by atoms with E-state index in [4.69, 9.17) is 0 Å². The molecule has 0 heterocycles. The van der Waals surface area contributed by atoms with Crippen LogP contribution in [0.25, 0.3) is 43.8 Å². The van der Waals surface area contributed by atoms with E-state index in [1.54, 1.807) is 0 Å². The Balaban J connectivity index is 1.16. The van der Waals surface area contributed by atoms with Crippen molar-refractivity contribution in [2.75, 3.05) is 0 Å². The Bertz CT molecular complexity index is 3340. The molecule has 2 aliphatic rings. The fraction of sp³-hybridized carbons (Fsp3) is 0.156. The average molecular weight is 851 g/mol. The molecule has 0 fully saturated rings. The second-order valence-electron chi connectivity index (χ2n) is 20.0. The zero-order valence-electron chi connectivity index (χ0n) is 38.2. The minimum absolute atomic E-state index is 0.109. The van der Waals surface area contributed by atoms with Crippen LogP contribution in [0.15, 0.2) is 182 Å². The third-order valence-corrected chi connectivity index (χ3v) is 13.9. The maximum absolute atomic E-state index is 13.3. The molecule has 0 radical (unpaired) electrons. The van der Waals surface area contributed by atoms with Gasteiger partial charge < -0.3 is 10.2 Å². The summed E-state index contributed by atoms with van der Waals surface area (Å²) >= 11 is 0. The van der Waals surface area contributed by atoms with Gasteiger partial charge in [0, 0.05) is 44.5 Å². The Hall–Kier alpha value is -7.46. The lowest BCUT2D eigenvalue weighted by molar-refractivity contribution is 0.130. The second kappa shape index (κ2) is 15.1. The molecule has 9 aromatic rings. The largest absolute Gasteiger partial charge is 0.376 e. The summed E-state index contributed by atoms with van der Waals surface area (Å²) in [5, 5.41) is 30.8. The number of hydrogen-bond acceptors (Lipinski definition) is 2. The van der Waals surface area contributed by atoms with Crippen LogP contribution in [-0.2, 0) is 22.0 Å². The Labute approximate surface area is 388 Å². The van der Waals surface area contributed by atoms with Crippen LogP contribution in [0.5, 0.6) is 0 Å². The van der Waals surface area contributed by atoms with E-state index < -0.39 is 11.2 Å². The minimum atomic E-state index is -1.43. The molecule has 2 unspecified atom stereocenters. The molecule has 318 valence electrons. The molecule has 2 atom stereocenters. The molecule has 0 aromatic heterocycles. The maximum Gasteiger partial charge on any atom is 0.142 e. The molecular weight excluding hydrogens is 801 g/mol. The van der Waals surface area contributed by atoms with Crippen molar-refractivity contribution in [3.63, 3.8) is 0 Å². The van der Waals surface area contributed by atoms with Crippen LogP contribution in [0, 0.1) is 23.7 Å². The number of hydrogen-bond donors (Lipinski definition) is 2. The highest BCUT2D eigenvalue weighted by atomic mass is 16.3. The van der Waals surface area contributed by atoms with Crippen LogP contribution in [0.4, 0.5) is 0 Å². The Morgan fingerprint density at radius 3 is 1.12 bits per heavy atom. The van der Waals surface area contributed by atoms with Gasteiger partial charge in [-0.1, -0.05) is 211 Å². The van der Waals surface area contributed by atoms with Gasteiger partial charge in [0.2, 0.25) is 0 Å². The van der Waals surface area contributed by atoms with Crippen LogP contribution in [0.2, 0.25) is 0 Å². The van der Waals surface area contributed by atoms with Gasteiger partial charge in [-0.15, -0.1) is 0 Å². The molecule has 66 heavy (non-hydrogen) atoms. The summed E-state index contributed by atoms with van der Waals surface area (Å²) in [4.78, 5) is 0. The molecule has 9 aromatic carbocycles. The van der Waals surface area contributed by atoms with Crippen molar-refractivity contribution in [2.24, 2.45) is 0 Å². The second-order valence-corrected chi connectivity index (χ2v) is 20.0. The normalized spacial score (nSPS) is 17.0. The van der Waals surface area contributed by atoms with E-state index in [9.17, 15) is 10.2 Å². The minimum Gasteiger partial charge on any atom is -0.376 e. The molecule has 0 amide bonds. The van der Waals surface area contributed by atoms with Crippen molar-refractivity contribution in [1.29, 1.82) is 0 Å². The molecule has 0 saturated carbocycles. The van der Waals surface area contributed by atoms with E-state index in [1.807, 2.05) is 121 Å². The summed E-state index contributed by atoms with van der Waals surface area (Å²) in [5.74, 6) is 14.7. The third kappa shape index (κ3) is 6.36. The van der Waals surface area contributed by atoms with Gasteiger partial charge in [0.25, 0.3) is 0 Å². The van der Waals surface area contributed by atoms with Crippen molar-refractivity contribution in [2.45, 2.75) is 63.6 Å². The van der Waals surface area contributed by atoms with Crippen LogP contribution < -0.4 is 0 Å². The Kier molecular flexibility index (Phi) is 9.41. The number of rotatable bonds is 2. The first-order chi connectivity index (χ1) is 31.8. The molecule has 2 nitrogen and oxygen atoms in total. The van der Waals surface area contributed by atoms with Gasteiger partial charge >= 0.3 is 0 Å². The standard InChI is InChI=1S/C64H50O2/c1-61(2,3)47-33-29-43-37-55-49-25-15-17-27-57(49)63(65,45-21-9-7-10-22-45)59(55)51(53(43)39-47)35-31-41-19-13-14-20-42(41)32-36-52-54-40-48(62(4,5)6)34-30-44(54)38-56-50-26-16-18-28-58(50)64(66,60(52)56)46-23-11-8-12-24-46/h7-30,33-34,37-40,65-66H,1-6H3. The maximum atomic E-state index is 13.3. The monoisotopic (exact) mass is 850 g/mol. The summed E-state index contributed by atoms with van der Waals surface area (Å²) < 4.78 is 0. The first-order valence-corrected chi connectivity index (χ1v) is 22.9.